The first-order valence-corrected chi connectivity index (χ1v) is 6.26. The average Bonchev–Trinajstić information content (AvgIpc) is 2.26. The van der Waals surface area contributed by atoms with Crippen LogP contribution in [0, 0.1) is 5.82 Å². The minimum Gasteiger partial charge on any atom is -0.492 e. The van der Waals surface area contributed by atoms with Crippen LogP contribution in [0.15, 0.2) is 22.7 Å². The summed E-state index contributed by atoms with van der Waals surface area (Å²) in [5, 5.41) is 3.10. The van der Waals surface area contributed by atoms with Gasteiger partial charge in [0.05, 0.1) is 11.1 Å². The first-order valence-electron chi connectivity index (χ1n) is 5.46. The number of rotatable bonds is 7. The van der Waals surface area contributed by atoms with Crippen LogP contribution in [0.2, 0.25) is 0 Å². The minimum absolute atomic E-state index is 0.256. The lowest BCUT2D eigenvalue weighted by Crippen LogP contribution is -2.08. The molecule has 0 atom stereocenters. The van der Waals surface area contributed by atoms with Crippen LogP contribution in [0.1, 0.15) is 19.3 Å². The molecule has 90 valence electrons. The fourth-order valence-corrected chi connectivity index (χ4v) is 1.82. The van der Waals surface area contributed by atoms with Crippen LogP contribution in [-0.4, -0.2) is 20.2 Å². The molecule has 0 aromatic heterocycles. The molecule has 4 heteroatoms. The molecule has 0 aliphatic rings. The minimum atomic E-state index is -0.256. The van der Waals surface area contributed by atoms with Crippen LogP contribution in [0.4, 0.5) is 4.39 Å². The van der Waals surface area contributed by atoms with Crippen molar-refractivity contribution in [1.82, 2.24) is 5.32 Å². The molecule has 0 spiro atoms. The van der Waals surface area contributed by atoms with E-state index in [4.69, 9.17) is 4.74 Å². The van der Waals surface area contributed by atoms with E-state index in [1.807, 2.05) is 7.05 Å². The topological polar surface area (TPSA) is 21.3 Å². The fraction of sp³-hybridized carbons (Fsp3) is 0.500. The summed E-state index contributed by atoms with van der Waals surface area (Å²) in [5.41, 5.74) is 0. The molecule has 0 radical (unpaired) electrons. The van der Waals surface area contributed by atoms with Gasteiger partial charge in [-0.2, -0.15) is 0 Å². The molecule has 0 saturated heterocycles. The lowest BCUT2D eigenvalue weighted by Gasteiger charge is -2.07. The Bertz CT molecular complexity index is 320. The van der Waals surface area contributed by atoms with Crippen LogP contribution < -0.4 is 10.1 Å². The molecule has 0 aliphatic carbocycles. The van der Waals surface area contributed by atoms with Gasteiger partial charge in [-0.25, -0.2) is 4.39 Å². The van der Waals surface area contributed by atoms with Crippen molar-refractivity contribution in [2.24, 2.45) is 0 Å². The van der Waals surface area contributed by atoms with Gasteiger partial charge in [-0.05, 0) is 67.0 Å². The highest BCUT2D eigenvalue weighted by molar-refractivity contribution is 9.10. The van der Waals surface area contributed by atoms with Crippen LogP contribution in [0.5, 0.6) is 5.75 Å². The quantitative estimate of drug-likeness (QED) is 0.777. The smallest absolute Gasteiger partial charge is 0.133 e. The van der Waals surface area contributed by atoms with Crippen LogP contribution >= 0.6 is 15.9 Å². The van der Waals surface area contributed by atoms with Crippen LogP contribution in [0.25, 0.3) is 0 Å². The highest BCUT2D eigenvalue weighted by Gasteiger charge is 2.01. The van der Waals surface area contributed by atoms with Crippen molar-refractivity contribution in [1.29, 1.82) is 0 Å². The summed E-state index contributed by atoms with van der Waals surface area (Å²) in [6, 6.07) is 4.46. The number of ether oxygens (including phenoxy) is 1. The summed E-state index contributed by atoms with van der Waals surface area (Å²) in [6.45, 7) is 1.72. The molecule has 0 aliphatic heterocycles. The molecule has 0 saturated carbocycles. The largest absolute Gasteiger partial charge is 0.492 e. The molecule has 1 rings (SSSR count). The number of halogens is 2. The second-order valence-electron chi connectivity index (χ2n) is 3.59. The van der Waals surface area contributed by atoms with Crippen molar-refractivity contribution < 1.29 is 9.13 Å². The van der Waals surface area contributed by atoms with Gasteiger partial charge in [0, 0.05) is 0 Å². The summed E-state index contributed by atoms with van der Waals surface area (Å²) in [7, 11) is 1.95. The number of benzene rings is 1. The maximum absolute atomic E-state index is 12.8. The molecule has 0 fully saturated rings. The van der Waals surface area contributed by atoms with Gasteiger partial charge in [-0.1, -0.05) is 0 Å². The fourth-order valence-electron chi connectivity index (χ4n) is 1.36. The molecular weight excluding hydrogens is 273 g/mol. The third-order valence-electron chi connectivity index (χ3n) is 2.22. The molecule has 0 unspecified atom stereocenters. The molecule has 2 nitrogen and oxygen atoms in total. The Balaban J connectivity index is 2.21. The van der Waals surface area contributed by atoms with Gasteiger partial charge >= 0.3 is 0 Å². The van der Waals surface area contributed by atoms with Gasteiger partial charge < -0.3 is 10.1 Å². The second-order valence-corrected chi connectivity index (χ2v) is 4.44. The van der Waals surface area contributed by atoms with Crippen molar-refractivity contribution in [3.8, 4) is 5.75 Å². The highest BCUT2D eigenvalue weighted by atomic mass is 79.9. The Labute approximate surface area is 104 Å². The molecule has 1 aromatic rings. The van der Waals surface area contributed by atoms with Gasteiger partial charge in [0.15, 0.2) is 0 Å². The lowest BCUT2D eigenvalue weighted by molar-refractivity contribution is 0.303. The van der Waals surface area contributed by atoms with Gasteiger partial charge in [0.25, 0.3) is 0 Å². The average molecular weight is 290 g/mol. The number of hydrogen-bond acceptors (Lipinski definition) is 2. The van der Waals surface area contributed by atoms with E-state index in [2.05, 4.69) is 21.2 Å². The van der Waals surface area contributed by atoms with E-state index in [0.717, 1.165) is 25.8 Å². The van der Waals surface area contributed by atoms with E-state index < -0.39 is 0 Å². The molecular formula is C12H17BrFNO. The summed E-state index contributed by atoms with van der Waals surface area (Å²) >= 11 is 3.27. The number of hydrogen-bond donors (Lipinski definition) is 1. The highest BCUT2D eigenvalue weighted by Crippen LogP contribution is 2.25. The normalized spacial score (nSPS) is 10.4. The standard InChI is InChI=1S/C12H17BrFNO/c1-15-7-3-2-4-8-16-12-6-5-10(14)9-11(12)13/h5-6,9,15H,2-4,7-8H2,1H3. The van der Waals surface area contributed by atoms with Crippen LogP contribution in [0.3, 0.4) is 0 Å². The molecule has 0 bridgehead atoms. The molecule has 1 aromatic carbocycles. The van der Waals surface area contributed by atoms with Crippen molar-refractivity contribution in [3.63, 3.8) is 0 Å². The maximum Gasteiger partial charge on any atom is 0.133 e. The zero-order chi connectivity index (χ0) is 11.8. The summed E-state index contributed by atoms with van der Waals surface area (Å²) in [5.74, 6) is 0.447. The zero-order valence-electron chi connectivity index (χ0n) is 9.43. The molecule has 1 N–H and O–H groups in total. The predicted molar refractivity (Wildman–Crippen MR) is 67.4 cm³/mol. The van der Waals surface area contributed by atoms with Gasteiger partial charge in [0.2, 0.25) is 0 Å². The summed E-state index contributed by atoms with van der Waals surface area (Å²) < 4.78 is 19.0. The van der Waals surface area contributed by atoms with Gasteiger partial charge in [-0.15, -0.1) is 0 Å². The first kappa shape index (κ1) is 13.5. The van der Waals surface area contributed by atoms with Crippen molar-refractivity contribution in [2.45, 2.75) is 19.3 Å². The van der Waals surface area contributed by atoms with E-state index in [1.54, 1.807) is 6.07 Å². The molecule has 0 amide bonds. The van der Waals surface area contributed by atoms with E-state index in [9.17, 15) is 4.39 Å². The Hall–Kier alpha value is -0.610. The Morgan fingerprint density at radius 1 is 1.31 bits per heavy atom. The third-order valence-corrected chi connectivity index (χ3v) is 2.84. The lowest BCUT2D eigenvalue weighted by atomic mass is 10.2. The van der Waals surface area contributed by atoms with Crippen molar-refractivity contribution in [3.05, 3.63) is 28.5 Å². The van der Waals surface area contributed by atoms with Gasteiger partial charge in [0.1, 0.15) is 11.6 Å². The van der Waals surface area contributed by atoms with Gasteiger partial charge in [-0.3, -0.25) is 0 Å². The Morgan fingerprint density at radius 2 is 2.12 bits per heavy atom. The monoisotopic (exact) mass is 289 g/mol. The first-order chi connectivity index (χ1) is 7.74. The summed E-state index contributed by atoms with van der Waals surface area (Å²) in [6.07, 6.45) is 3.32. The predicted octanol–water partition coefficient (Wildman–Crippen LogP) is 3.36. The molecule has 16 heavy (non-hydrogen) atoms. The Morgan fingerprint density at radius 3 is 2.81 bits per heavy atom. The van der Waals surface area contributed by atoms with E-state index in [-0.39, 0.29) is 5.82 Å². The van der Waals surface area contributed by atoms with Crippen LogP contribution in [-0.2, 0) is 0 Å². The SMILES string of the molecule is CNCCCCCOc1ccc(F)cc1Br. The number of nitrogens with one attached hydrogen (secondary N) is 1. The maximum atomic E-state index is 12.8. The van der Waals surface area contributed by atoms with E-state index >= 15 is 0 Å². The molecule has 0 heterocycles. The van der Waals surface area contributed by atoms with E-state index in [0.29, 0.717) is 16.8 Å². The number of unbranched alkanes of at least 4 members (excludes halogenated alkanes) is 2. The Kier molecular flexibility index (Phi) is 6.42. The third kappa shape index (κ3) is 4.94. The van der Waals surface area contributed by atoms with Crippen molar-refractivity contribution >= 4 is 15.9 Å². The zero-order valence-corrected chi connectivity index (χ0v) is 11.0. The van der Waals surface area contributed by atoms with E-state index in [1.165, 1.54) is 12.1 Å². The second kappa shape index (κ2) is 7.63. The summed E-state index contributed by atoms with van der Waals surface area (Å²) in [4.78, 5) is 0. The van der Waals surface area contributed by atoms with Crippen molar-refractivity contribution in [2.75, 3.05) is 20.2 Å².